The van der Waals surface area contributed by atoms with Gasteiger partial charge in [0.1, 0.15) is 5.60 Å². The summed E-state index contributed by atoms with van der Waals surface area (Å²) in [6, 6.07) is 3.82. The van der Waals surface area contributed by atoms with E-state index in [0.29, 0.717) is 5.69 Å². The minimum Gasteiger partial charge on any atom is -0.444 e. The van der Waals surface area contributed by atoms with Crippen molar-refractivity contribution in [1.82, 2.24) is 10.3 Å². The first-order chi connectivity index (χ1) is 10.8. The number of piperidine rings is 1. The van der Waals surface area contributed by atoms with Crippen molar-refractivity contribution in [3.8, 4) is 0 Å². The second-order valence-electron chi connectivity index (χ2n) is 6.32. The van der Waals surface area contributed by atoms with Gasteiger partial charge in [-0.05, 0) is 45.7 Å². The zero-order valence-corrected chi connectivity index (χ0v) is 14.4. The Morgan fingerprint density at radius 3 is 2.52 bits per heavy atom. The summed E-state index contributed by atoms with van der Waals surface area (Å²) in [7, 11) is 1.00. The van der Waals surface area contributed by atoms with Crippen molar-refractivity contribution in [2.45, 2.75) is 45.3 Å². The van der Waals surface area contributed by atoms with E-state index in [1.54, 1.807) is 6.20 Å². The number of aliphatic hydroxyl groups excluding tert-OH is 1. The van der Waals surface area contributed by atoms with Crippen LogP contribution in [-0.2, 0) is 4.74 Å². The summed E-state index contributed by atoms with van der Waals surface area (Å²) >= 11 is 0. The molecule has 1 aliphatic heterocycles. The number of hydrogen-bond acceptors (Lipinski definition) is 6. The van der Waals surface area contributed by atoms with Gasteiger partial charge < -0.3 is 25.8 Å². The van der Waals surface area contributed by atoms with Gasteiger partial charge in [-0.25, -0.2) is 9.78 Å². The van der Waals surface area contributed by atoms with Crippen molar-refractivity contribution in [2.24, 2.45) is 0 Å². The SMILES string of the molecule is CC(C)(C)OC(=O)NC1CCN(c2ncccc2N)CC1.CO. The van der Waals surface area contributed by atoms with Crippen LogP contribution in [0.4, 0.5) is 16.3 Å². The first-order valence-corrected chi connectivity index (χ1v) is 7.75. The number of nitrogens with one attached hydrogen (secondary N) is 1. The van der Waals surface area contributed by atoms with E-state index in [2.05, 4.69) is 15.2 Å². The highest BCUT2D eigenvalue weighted by Crippen LogP contribution is 2.23. The number of ether oxygens (including phenoxy) is 1. The molecule has 7 nitrogen and oxygen atoms in total. The second kappa shape index (κ2) is 8.57. The Labute approximate surface area is 137 Å². The minimum absolute atomic E-state index is 0.140. The Hall–Kier alpha value is -2.02. The molecule has 1 aromatic heterocycles. The number of nitrogens with zero attached hydrogens (tertiary/aromatic N) is 2. The molecule has 7 heteroatoms. The van der Waals surface area contributed by atoms with Crippen LogP contribution < -0.4 is 16.0 Å². The lowest BCUT2D eigenvalue weighted by Crippen LogP contribution is -2.46. The molecule has 1 amide bonds. The number of anilines is 2. The molecule has 0 saturated carbocycles. The van der Waals surface area contributed by atoms with Crippen molar-refractivity contribution in [3.63, 3.8) is 0 Å². The molecule has 0 aromatic carbocycles. The van der Waals surface area contributed by atoms with Gasteiger partial charge in [0.25, 0.3) is 0 Å². The maximum absolute atomic E-state index is 11.8. The number of carbonyl (C=O) groups excluding carboxylic acids is 1. The maximum Gasteiger partial charge on any atom is 0.407 e. The molecule has 0 radical (unpaired) electrons. The molecule has 1 fully saturated rings. The van der Waals surface area contributed by atoms with Crippen LogP contribution in [0, 0.1) is 0 Å². The topological polar surface area (TPSA) is 101 Å². The quantitative estimate of drug-likeness (QED) is 0.766. The van der Waals surface area contributed by atoms with Gasteiger partial charge in [-0.3, -0.25) is 0 Å². The number of aliphatic hydroxyl groups is 1. The van der Waals surface area contributed by atoms with Crippen molar-refractivity contribution in [2.75, 3.05) is 30.8 Å². The van der Waals surface area contributed by atoms with Crippen LogP contribution in [0.3, 0.4) is 0 Å². The van der Waals surface area contributed by atoms with Gasteiger partial charge in [0.05, 0.1) is 5.69 Å². The van der Waals surface area contributed by atoms with Gasteiger partial charge in [0.2, 0.25) is 0 Å². The van der Waals surface area contributed by atoms with Crippen LogP contribution in [0.2, 0.25) is 0 Å². The average molecular weight is 324 g/mol. The summed E-state index contributed by atoms with van der Waals surface area (Å²) in [4.78, 5) is 18.2. The van der Waals surface area contributed by atoms with Gasteiger partial charge in [-0.1, -0.05) is 0 Å². The first-order valence-electron chi connectivity index (χ1n) is 7.75. The summed E-state index contributed by atoms with van der Waals surface area (Å²) < 4.78 is 5.28. The highest BCUT2D eigenvalue weighted by Gasteiger charge is 2.24. The predicted molar refractivity (Wildman–Crippen MR) is 91.4 cm³/mol. The number of nitrogen functional groups attached to an aromatic ring is 1. The molecule has 0 atom stereocenters. The van der Waals surface area contributed by atoms with Gasteiger partial charge in [0.15, 0.2) is 5.82 Å². The summed E-state index contributed by atoms with van der Waals surface area (Å²) in [5.74, 6) is 0.827. The fourth-order valence-corrected chi connectivity index (χ4v) is 2.38. The largest absolute Gasteiger partial charge is 0.444 e. The molecule has 4 N–H and O–H groups in total. The van der Waals surface area contributed by atoms with Crippen LogP contribution in [0.25, 0.3) is 0 Å². The smallest absolute Gasteiger partial charge is 0.407 e. The highest BCUT2D eigenvalue weighted by atomic mass is 16.6. The molecule has 0 bridgehead atoms. The van der Waals surface area contributed by atoms with Crippen molar-refractivity contribution < 1.29 is 14.6 Å². The summed E-state index contributed by atoms with van der Waals surface area (Å²) in [6.07, 6.45) is 3.11. The first kappa shape index (κ1) is 19.0. The van der Waals surface area contributed by atoms with Crippen LogP contribution >= 0.6 is 0 Å². The van der Waals surface area contributed by atoms with Crippen LogP contribution in [0.1, 0.15) is 33.6 Å². The Morgan fingerprint density at radius 2 is 2.00 bits per heavy atom. The lowest BCUT2D eigenvalue weighted by atomic mass is 10.1. The van der Waals surface area contributed by atoms with Crippen LogP contribution in [-0.4, -0.2) is 48.0 Å². The Bertz CT molecular complexity index is 494. The number of rotatable bonds is 2. The van der Waals surface area contributed by atoms with E-state index in [9.17, 15) is 4.79 Å². The molecule has 23 heavy (non-hydrogen) atoms. The maximum atomic E-state index is 11.8. The van der Waals surface area contributed by atoms with E-state index in [0.717, 1.165) is 38.9 Å². The number of aromatic nitrogens is 1. The molecule has 0 spiro atoms. The van der Waals surface area contributed by atoms with E-state index in [-0.39, 0.29) is 12.1 Å². The summed E-state index contributed by atoms with van der Waals surface area (Å²) in [5, 5.41) is 9.92. The molecule has 2 rings (SSSR count). The molecule has 0 aliphatic carbocycles. The van der Waals surface area contributed by atoms with Crippen molar-refractivity contribution >= 4 is 17.6 Å². The average Bonchev–Trinajstić information content (AvgIpc) is 2.49. The third-order valence-corrected chi connectivity index (χ3v) is 3.33. The van der Waals surface area contributed by atoms with Gasteiger partial charge in [-0.2, -0.15) is 0 Å². The second-order valence-corrected chi connectivity index (χ2v) is 6.32. The predicted octanol–water partition coefficient (Wildman–Crippen LogP) is 1.77. The fraction of sp³-hybridized carbons (Fsp3) is 0.625. The third-order valence-electron chi connectivity index (χ3n) is 3.33. The van der Waals surface area contributed by atoms with Crippen molar-refractivity contribution in [3.05, 3.63) is 18.3 Å². The van der Waals surface area contributed by atoms with Gasteiger partial charge >= 0.3 is 6.09 Å². The highest BCUT2D eigenvalue weighted by molar-refractivity contribution is 5.68. The monoisotopic (exact) mass is 324 g/mol. The molecule has 130 valence electrons. The summed E-state index contributed by atoms with van der Waals surface area (Å²) in [6.45, 7) is 7.22. The van der Waals surface area contributed by atoms with E-state index >= 15 is 0 Å². The Kier molecular flexibility index (Phi) is 7.09. The summed E-state index contributed by atoms with van der Waals surface area (Å²) in [5.41, 5.74) is 6.17. The Morgan fingerprint density at radius 1 is 1.39 bits per heavy atom. The van der Waals surface area contributed by atoms with E-state index in [1.807, 2.05) is 32.9 Å². The lowest BCUT2D eigenvalue weighted by Gasteiger charge is -2.34. The normalized spacial score (nSPS) is 15.4. The van der Waals surface area contributed by atoms with E-state index in [1.165, 1.54) is 0 Å². The van der Waals surface area contributed by atoms with Crippen molar-refractivity contribution in [1.29, 1.82) is 0 Å². The molecule has 0 unspecified atom stereocenters. The molecule has 2 heterocycles. The van der Waals surface area contributed by atoms with E-state index < -0.39 is 5.60 Å². The standard InChI is InChI=1S/C15H24N4O2.CH4O/c1-15(2,3)21-14(20)18-11-6-9-19(10-7-11)13-12(16)5-4-8-17-13;1-2/h4-5,8,11H,6-7,9-10,16H2,1-3H3,(H,18,20);2H,1H3. The number of pyridine rings is 1. The van der Waals surface area contributed by atoms with Gasteiger partial charge in [0, 0.05) is 32.4 Å². The minimum atomic E-state index is -0.465. The number of amides is 1. The fourth-order valence-electron chi connectivity index (χ4n) is 2.38. The van der Waals surface area contributed by atoms with Crippen LogP contribution in [0.15, 0.2) is 18.3 Å². The molecule has 1 saturated heterocycles. The van der Waals surface area contributed by atoms with Crippen LogP contribution in [0.5, 0.6) is 0 Å². The number of carbonyl (C=O) groups is 1. The lowest BCUT2D eigenvalue weighted by molar-refractivity contribution is 0.0497. The third kappa shape index (κ3) is 6.32. The van der Waals surface area contributed by atoms with E-state index in [4.69, 9.17) is 15.6 Å². The Balaban J connectivity index is 0.00000127. The zero-order chi connectivity index (χ0) is 17.5. The zero-order valence-electron chi connectivity index (χ0n) is 14.4. The number of nitrogens with two attached hydrogens (primary N) is 1. The molecular formula is C16H28N4O3. The molecule has 1 aliphatic rings. The molecule has 1 aromatic rings. The molecular weight excluding hydrogens is 296 g/mol. The van der Waals surface area contributed by atoms with Gasteiger partial charge in [-0.15, -0.1) is 0 Å². The number of hydrogen-bond donors (Lipinski definition) is 3. The number of alkyl carbamates (subject to hydrolysis) is 1.